The Hall–Kier alpha value is -1.67. The number of unbranched alkanes of at least 4 members (excludes halogenated alkanes) is 28. The molecular formula is C58H114N2O6. The third-order valence-electron chi connectivity index (χ3n) is 13.6. The predicted octanol–water partition coefficient (Wildman–Crippen LogP) is 16.7. The second kappa shape index (κ2) is 49.7. The molecule has 0 aliphatic heterocycles. The summed E-state index contributed by atoms with van der Waals surface area (Å²) in [4.78, 5) is 43.0. The maximum atomic E-state index is 13.0. The number of ether oxygens (including phenoxy) is 3. The summed E-state index contributed by atoms with van der Waals surface area (Å²) in [5.74, 6) is -0.146. The van der Waals surface area contributed by atoms with Crippen molar-refractivity contribution in [2.24, 2.45) is 0 Å². The smallest absolute Gasteiger partial charge is 0.320 e. The Labute approximate surface area is 411 Å². The minimum absolute atomic E-state index is 0.00864. The van der Waals surface area contributed by atoms with E-state index in [1.54, 1.807) is 0 Å². The second-order valence-electron chi connectivity index (χ2n) is 20.7. The highest BCUT2D eigenvalue weighted by Crippen LogP contribution is 2.22. The summed E-state index contributed by atoms with van der Waals surface area (Å²) in [5.41, 5.74) is 0. The van der Waals surface area contributed by atoms with Gasteiger partial charge in [-0.1, -0.05) is 195 Å². The number of nitrogens with zero attached hydrogens (tertiary/aromatic N) is 2. The second-order valence-corrected chi connectivity index (χ2v) is 20.7. The molecule has 0 rings (SSSR count). The van der Waals surface area contributed by atoms with Crippen molar-refractivity contribution in [3.05, 3.63) is 0 Å². The van der Waals surface area contributed by atoms with E-state index in [0.29, 0.717) is 19.4 Å². The van der Waals surface area contributed by atoms with Crippen LogP contribution < -0.4 is 0 Å². The molecule has 0 fully saturated rings. The summed E-state index contributed by atoms with van der Waals surface area (Å²) in [6, 6.07) is 0. The average Bonchev–Trinajstić information content (AvgIpc) is 3.29. The first-order valence-electron chi connectivity index (χ1n) is 29.1. The van der Waals surface area contributed by atoms with Crippen molar-refractivity contribution < 1.29 is 28.6 Å². The van der Waals surface area contributed by atoms with Crippen molar-refractivity contribution >= 4 is 17.9 Å². The van der Waals surface area contributed by atoms with Gasteiger partial charge in [-0.15, -0.1) is 0 Å². The van der Waals surface area contributed by atoms with Gasteiger partial charge in [-0.25, -0.2) is 0 Å². The third kappa shape index (κ3) is 46.1. The van der Waals surface area contributed by atoms with Crippen LogP contribution in [-0.4, -0.2) is 86.8 Å². The van der Waals surface area contributed by atoms with E-state index in [1.807, 2.05) is 11.9 Å². The molecule has 0 spiro atoms. The van der Waals surface area contributed by atoms with Gasteiger partial charge in [0.25, 0.3) is 0 Å². The van der Waals surface area contributed by atoms with E-state index < -0.39 is 0 Å². The fourth-order valence-corrected chi connectivity index (χ4v) is 9.12. The number of likely N-dealkylation sites (N-methyl/N-ethyl adjacent to an activating group) is 2. The van der Waals surface area contributed by atoms with Crippen LogP contribution in [0.2, 0.25) is 0 Å². The minimum atomic E-state index is -0.129. The molecule has 0 atom stereocenters. The Balaban J connectivity index is 4.77. The summed E-state index contributed by atoms with van der Waals surface area (Å²) >= 11 is 0. The van der Waals surface area contributed by atoms with Crippen molar-refractivity contribution in [2.45, 2.75) is 316 Å². The molecule has 0 bridgehead atoms. The van der Waals surface area contributed by atoms with Crippen LogP contribution in [0.4, 0.5) is 0 Å². The fourth-order valence-electron chi connectivity index (χ4n) is 9.12. The SMILES string of the molecule is CCCCCCCCC(CCCCCCCC)OC(=O)CCCCCCCC(CCCCCCCC(=O)OC(CCCCCCCC)CCCCCCCC)OC(=O)CN(C)CCN(C)C. The highest BCUT2D eigenvalue weighted by molar-refractivity contribution is 5.72. The molecule has 0 aromatic rings. The van der Waals surface area contributed by atoms with E-state index in [2.05, 4.69) is 46.7 Å². The highest BCUT2D eigenvalue weighted by Gasteiger charge is 2.18. The lowest BCUT2D eigenvalue weighted by molar-refractivity contribution is -0.151. The maximum Gasteiger partial charge on any atom is 0.320 e. The molecule has 0 aromatic heterocycles. The summed E-state index contributed by atoms with van der Waals surface area (Å²) in [7, 11) is 6.09. The van der Waals surface area contributed by atoms with E-state index in [4.69, 9.17) is 14.2 Å². The molecule has 0 heterocycles. The molecule has 392 valence electrons. The lowest BCUT2D eigenvalue weighted by atomic mass is 10.0. The number of esters is 3. The molecule has 0 amide bonds. The van der Waals surface area contributed by atoms with Gasteiger partial charge < -0.3 is 19.1 Å². The summed E-state index contributed by atoms with van der Waals surface area (Å²) < 4.78 is 18.3. The van der Waals surface area contributed by atoms with Crippen LogP contribution >= 0.6 is 0 Å². The lowest BCUT2D eigenvalue weighted by Gasteiger charge is -2.22. The van der Waals surface area contributed by atoms with Crippen molar-refractivity contribution in [3.8, 4) is 0 Å². The van der Waals surface area contributed by atoms with Crippen molar-refractivity contribution in [1.82, 2.24) is 9.80 Å². The van der Waals surface area contributed by atoms with Crippen molar-refractivity contribution in [2.75, 3.05) is 40.8 Å². The molecule has 0 unspecified atom stereocenters. The van der Waals surface area contributed by atoms with E-state index in [1.165, 1.54) is 128 Å². The molecule has 8 nitrogen and oxygen atoms in total. The normalized spacial score (nSPS) is 11.8. The van der Waals surface area contributed by atoms with Crippen LogP contribution in [0.1, 0.15) is 297 Å². The zero-order chi connectivity index (χ0) is 48.6. The summed E-state index contributed by atoms with van der Waals surface area (Å²) in [5, 5.41) is 0. The molecule has 0 aromatic carbocycles. The van der Waals surface area contributed by atoms with E-state index in [9.17, 15) is 14.4 Å². The first kappa shape index (κ1) is 64.3. The first-order chi connectivity index (χ1) is 32.1. The monoisotopic (exact) mass is 935 g/mol. The number of carbonyl (C=O) groups excluding carboxylic acids is 3. The van der Waals surface area contributed by atoms with Crippen LogP contribution in [0.15, 0.2) is 0 Å². The van der Waals surface area contributed by atoms with Crippen LogP contribution in [0, 0.1) is 0 Å². The quantitative estimate of drug-likeness (QED) is 0.0339. The minimum Gasteiger partial charge on any atom is -0.462 e. The number of carbonyl (C=O) groups is 3. The molecule has 0 radical (unpaired) electrons. The molecule has 0 saturated heterocycles. The summed E-state index contributed by atoms with van der Waals surface area (Å²) in [6.07, 6.45) is 47.7. The maximum absolute atomic E-state index is 13.0. The fraction of sp³-hybridized carbons (Fsp3) is 0.948. The Morgan fingerprint density at radius 2 is 0.561 bits per heavy atom. The number of rotatable bonds is 52. The first-order valence-corrected chi connectivity index (χ1v) is 29.1. The Kier molecular flexibility index (Phi) is 48.5. The molecule has 0 aliphatic rings. The van der Waals surface area contributed by atoms with Crippen LogP contribution in [0.3, 0.4) is 0 Å². The standard InChI is InChI=1S/C58H114N2O6/c1-8-12-16-20-26-34-42-53(43-35-27-21-17-13-9-2)64-56(61)48-40-32-24-30-38-46-55(66-58(63)52-60(7)51-50-59(5)6)47-39-31-25-33-41-49-57(62)65-54(44-36-28-22-18-14-10-3)45-37-29-23-19-15-11-4/h53-55H,8-52H2,1-7H3. The van der Waals surface area contributed by atoms with Gasteiger partial charge >= 0.3 is 17.9 Å². The van der Waals surface area contributed by atoms with Gasteiger partial charge in [0.15, 0.2) is 0 Å². The largest absolute Gasteiger partial charge is 0.462 e. The number of hydrogen-bond acceptors (Lipinski definition) is 8. The van der Waals surface area contributed by atoms with Crippen LogP contribution in [0.5, 0.6) is 0 Å². The van der Waals surface area contributed by atoms with Gasteiger partial charge in [0, 0.05) is 25.9 Å². The number of hydrogen-bond donors (Lipinski definition) is 0. The van der Waals surface area contributed by atoms with Gasteiger partial charge in [0.05, 0.1) is 6.54 Å². The zero-order valence-corrected chi connectivity index (χ0v) is 45.4. The van der Waals surface area contributed by atoms with Gasteiger partial charge in [0.2, 0.25) is 0 Å². The summed E-state index contributed by atoms with van der Waals surface area (Å²) in [6.45, 7) is 11.1. The molecular weight excluding hydrogens is 821 g/mol. The average molecular weight is 936 g/mol. The van der Waals surface area contributed by atoms with Crippen molar-refractivity contribution in [1.29, 1.82) is 0 Å². The topological polar surface area (TPSA) is 85.4 Å². The zero-order valence-electron chi connectivity index (χ0n) is 45.4. The van der Waals surface area contributed by atoms with Crippen LogP contribution in [-0.2, 0) is 28.6 Å². The van der Waals surface area contributed by atoms with Gasteiger partial charge in [-0.05, 0) is 111 Å². The van der Waals surface area contributed by atoms with E-state index >= 15 is 0 Å². The Morgan fingerprint density at radius 1 is 0.318 bits per heavy atom. The van der Waals surface area contributed by atoms with Crippen LogP contribution in [0.25, 0.3) is 0 Å². The molecule has 0 aliphatic carbocycles. The van der Waals surface area contributed by atoms with E-state index in [-0.39, 0.29) is 36.2 Å². The van der Waals surface area contributed by atoms with E-state index in [0.717, 1.165) is 142 Å². The van der Waals surface area contributed by atoms with Gasteiger partial charge in [0.1, 0.15) is 18.3 Å². The predicted molar refractivity (Wildman–Crippen MR) is 282 cm³/mol. The molecule has 8 heteroatoms. The van der Waals surface area contributed by atoms with Gasteiger partial charge in [-0.2, -0.15) is 0 Å². The van der Waals surface area contributed by atoms with Crippen molar-refractivity contribution in [3.63, 3.8) is 0 Å². The molecule has 0 saturated carbocycles. The Morgan fingerprint density at radius 3 is 0.833 bits per heavy atom. The third-order valence-corrected chi connectivity index (χ3v) is 13.6. The Bertz CT molecular complexity index is 959. The highest BCUT2D eigenvalue weighted by atomic mass is 16.6. The molecule has 0 N–H and O–H groups in total. The molecule has 66 heavy (non-hydrogen) atoms. The van der Waals surface area contributed by atoms with Gasteiger partial charge in [-0.3, -0.25) is 19.3 Å². The lowest BCUT2D eigenvalue weighted by Crippen LogP contribution is -2.34.